The Morgan fingerprint density at radius 3 is 2.00 bits per heavy atom. The lowest BCUT2D eigenvalue weighted by Gasteiger charge is -2.20. The lowest BCUT2D eigenvalue weighted by Crippen LogP contribution is -2.45. The molecule has 0 aliphatic heterocycles. The van der Waals surface area contributed by atoms with Crippen molar-refractivity contribution in [2.24, 2.45) is 5.92 Å². The average Bonchev–Trinajstić information content (AvgIpc) is 2.86. The van der Waals surface area contributed by atoms with Gasteiger partial charge in [-0.15, -0.1) is 0 Å². The lowest BCUT2D eigenvalue weighted by atomic mass is 10.0. The number of carbonyl (C=O) groups is 2. The van der Waals surface area contributed by atoms with Crippen molar-refractivity contribution in [3.8, 4) is 16.9 Å². The van der Waals surface area contributed by atoms with E-state index in [1.54, 1.807) is 26.0 Å². The second kappa shape index (κ2) is 11.1. The van der Waals surface area contributed by atoms with Crippen molar-refractivity contribution in [1.82, 2.24) is 4.72 Å². The molecule has 0 unspecified atom stereocenters. The van der Waals surface area contributed by atoms with Crippen LogP contribution in [0.5, 0.6) is 5.75 Å². The number of ketones is 1. The topological polar surface area (TPSA) is 98.8 Å². The molecule has 0 aliphatic carbocycles. The lowest BCUT2D eigenvalue weighted by molar-refractivity contribution is -0.145. The second-order valence-corrected chi connectivity index (χ2v) is 9.71. The monoisotopic (exact) mass is 481 g/mol. The first-order valence-electron chi connectivity index (χ1n) is 10.7. The van der Waals surface area contributed by atoms with Crippen LogP contribution in [0.25, 0.3) is 11.1 Å². The molecule has 0 fully saturated rings. The first-order valence-corrected chi connectivity index (χ1v) is 12.2. The molecule has 0 saturated heterocycles. The summed E-state index contributed by atoms with van der Waals surface area (Å²) in [5, 5.41) is 0. The highest BCUT2D eigenvalue weighted by Gasteiger charge is 2.30. The largest absolute Gasteiger partial charge is 0.497 e. The van der Waals surface area contributed by atoms with Crippen LogP contribution in [0.15, 0.2) is 83.8 Å². The first kappa shape index (κ1) is 25.1. The van der Waals surface area contributed by atoms with Crippen molar-refractivity contribution in [3.05, 3.63) is 84.4 Å². The minimum atomic E-state index is -3.99. The predicted molar refractivity (Wildman–Crippen MR) is 129 cm³/mol. The zero-order valence-electron chi connectivity index (χ0n) is 19.2. The van der Waals surface area contributed by atoms with Gasteiger partial charge >= 0.3 is 5.97 Å². The van der Waals surface area contributed by atoms with Gasteiger partial charge in [0.05, 0.1) is 12.0 Å². The van der Waals surface area contributed by atoms with E-state index in [9.17, 15) is 18.0 Å². The first-order chi connectivity index (χ1) is 16.2. The Bertz CT molecular complexity index is 1220. The quantitative estimate of drug-likeness (QED) is 0.346. The average molecular weight is 482 g/mol. The maximum Gasteiger partial charge on any atom is 0.324 e. The van der Waals surface area contributed by atoms with Crippen molar-refractivity contribution in [2.45, 2.75) is 24.8 Å². The fraction of sp³-hybridized carbons (Fsp3) is 0.231. The molecule has 1 N–H and O–H groups in total. The number of hydrogen-bond donors (Lipinski definition) is 1. The van der Waals surface area contributed by atoms with Crippen molar-refractivity contribution in [1.29, 1.82) is 0 Å². The third-order valence-electron chi connectivity index (χ3n) is 5.23. The van der Waals surface area contributed by atoms with E-state index >= 15 is 0 Å². The van der Waals surface area contributed by atoms with Gasteiger partial charge in [0, 0.05) is 5.56 Å². The molecule has 3 rings (SSSR count). The Labute approximate surface area is 199 Å². The van der Waals surface area contributed by atoms with Gasteiger partial charge in [0.15, 0.2) is 12.4 Å². The third-order valence-corrected chi connectivity index (χ3v) is 6.69. The molecular formula is C26H27NO6S. The molecule has 0 spiro atoms. The summed E-state index contributed by atoms with van der Waals surface area (Å²) in [4.78, 5) is 25.2. The van der Waals surface area contributed by atoms with Gasteiger partial charge in [-0.05, 0) is 41.3 Å². The number of hydrogen-bond acceptors (Lipinski definition) is 6. The minimum absolute atomic E-state index is 0.0127. The molecule has 8 heteroatoms. The maximum atomic E-state index is 12.7. The molecule has 0 heterocycles. The summed E-state index contributed by atoms with van der Waals surface area (Å²) in [6.07, 6.45) is 0. The van der Waals surface area contributed by atoms with Gasteiger partial charge in [0.1, 0.15) is 11.8 Å². The molecule has 7 nitrogen and oxygen atoms in total. The molecule has 0 bridgehead atoms. The number of carbonyl (C=O) groups excluding carboxylic acids is 2. The summed E-state index contributed by atoms with van der Waals surface area (Å²) < 4.78 is 38.1. The molecule has 0 saturated carbocycles. The molecular weight excluding hydrogens is 454 g/mol. The van der Waals surface area contributed by atoms with E-state index in [1.165, 1.54) is 31.4 Å². The van der Waals surface area contributed by atoms with Crippen LogP contribution in [-0.2, 0) is 19.6 Å². The summed E-state index contributed by atoms with van der Waals surface area (Å²) in [5.41, 5.74) is 2.38. The third kappa shape index (κ3) is 6.30. The Morgan fingerprint density at radius 1 is 0.853 bits per heavy atom. The van der Waals surface area contributed by atoms with Crippen molar-refractivity contribution >= 4 is 21.8 Å². The number of benzene rings is 3. The Balaban J connectivity index is 1.63. The molecule has 0 aromatic heterocycles. The van der Waals surface area contributed by atoms with Gasteiger partial charge in [0.25, 0.3) is 0 Å². The second-order valence-electron chi connectivity index (χ2n) is 7.99. The fourth-order valence-corrected chi connectivity index (χ4v) is 4.57. The van der Waals surface area contributed by atoms with Crippen LogP contribution in [0.1, 0.15) is 24.2 Å². The molecule has 1 atom stereocenters. The van der Waals surface area contributed by atoms with Gasteiger partial charge in [-0.3, -0.25) is 9.59 Å². The Kier molecular flexibility index (Phi) is 8.20. The Morgan fingerprint density at radius 2 is 1.44 bits per heavy atom. The highest BCUT2D eigenvalue weighted by molar-refractivity contribution is 7.89. The normalized spacial score (nSPS) is 12.2. The van der Waals surface area contributed by atoms with E-state index in [0.717, 1.165) is 11.1 Å². The van der Waals surface area contributed by atoms with Crippen LogP contribution < -0.4 is 9.46 Å². The van der Waals surface area contributed by atoms with Crippen LogP contribution in [0, 0.1) is 5.92 Å². The van der Waals surface area contributed by atoms with Crippen molar-refractivity contribution in [3.63, 3.8) is 0 Å². The van der Waals surface area contributed by atoms with Gasteiger partial charge < -0.3 is 9.47 Å². The SMILES string of the molecule is COc1ccc(S(=O)(=O)N[C@H](C(=O)OCC(=O)c2ccc(-c3ccccc3)cc2)C(C)C)cc1. The Hall–Kier alpha value is -3.49. The predicted octanol–water partition coefficient (Wildman–Crippen LogP) is 4.09. The standard InChI is InChI=1S/C26H27NO6S/c1-18(2)25(27-34(30,31)23-15-13-22(32-3)14-16-23)26(29)33-17-24(28)21-11-9-20(10-12-21)19-7-5-4-6-8-19/h4-16,18,25,27H,17H2,1-3H3/t25-/m0/s1. The van der Waals surface area contributed by atoms with Crippen LogP contribution in [0.4, 0.5) is 0 Å². The zero-order valence-corrected chi connectivity index (χ0v) is 20.0. The van der Waals surface area contributed by atoms with E-state index in [0.29, 0.717) is 11.3 Å². The zero-order chi connectivity index (χ0) is 24.7. The number of methoxy groups -OCH3 is 1. The molecule has 0 radical (unpaired) electrons. The number of sulfonamides is 1. The van der Waals surface area contributed by atoms with Gasteiger partial charge in [0.2, 0.25) is 10.0 Å². The number of esters is 1. The van der Waals surface area contributed by atoms with E-state index in [1.807, 2.05) is 42.5 Å². The van der Waals surface area contributed by atoms with Crippen molar-refractivity contribution < 1.29 is 27.5 Å². The van der Waals surface area contributed by atoms with Gasteiger partial charge in [-0.25, -0.2) is 8.42 Å². The van der Waals surface area contributed by atoms with Crippen LogP contribution >= 0.6 is 0 Å². The molecule has 3 aromatic carbocycles. The minimum Gasteiger partial charge on any atom is -0.497 e. The highest BCUT2D eigenvalue weighted by atomic mass is 32.2. The van der Waals surface area contributed by atoms with Gasteiger partial charge in [-0.1, -0.05) is 68.4 Å². The fourth-order valence-electron chi connectivity index (χ4n) is 3.24. The summed E-state index contributed by atoms with van der Waals surface area (Å²) in [6.45, 7) is 2.89. The molecule has 178 valence electrons. The van der Waals surface area contributed by atoms with Crippen LogP contribution in [0.2, 0.25) is 0 Å². The highest BCUT2D eigenvalue weighted by Crippen LogP contribution is 2.20. The molecule has 34 heavy (non-hydrogen) atoms. The summed E-state index contributed by atoms with van der Waals surface area (Å²) in [7, 11) is -2.51. The van der Waals surface area contributed by atoms with E-state index in [2.05, 4.69) is 4.72 Å². The smallest absolute Gasteiger partial charge is 0.324 e. The van der Waals surface area contributed by atoms with E-state index in [4.69, 9.17) is 9.47 Å². The number of Topliss-reactive ketones (excluding diaryl/α,β-unsaturated/α-hetero) is 1. The number of ether oxygens (including phenoxy) is 2. The number of nitrogens with one attached hydrogen (secondary N) is 1. The maximum absolute atomic E-state index is 12.7. The van der Waals surface area contributed by atoms with Crippen LogP contribution in [0.3, 0.4) is 0 Å². The van der Waals surface area contributed by atoms with E-state index in [-0.39, 0.29) is 10.7 Å². The van der Waals surface area contributed by atoms with Crippen LogP contribution in [-0.4, -0.2) is 39.9 Å². The number of rotatable bonds is 10. The molecule has 3 aromatic rings. The van der Waals surface area contributed by atoms with E-state index < -0.39 is 34.6 Å². The van der Waals surface area contributed by atoms with Crippen molar-refractivity contribution in [2.75, 3.05) is 13.7 Å². The molecule has 0 amide bonds. The van der Waals surface area contributed by atoms with Gasteiger partial charge in [-0.2, -0.15) is 4.72 Å². The summed E-state index contributed by atoms with van der Waals surface area (Å²) in [6, 6.07) is 21.4. The summed E-state index contributed by atoms with van der Waals surface area (Å²) in [5.74, 6) is -1.09. The molecule has 0 aliphatic rings. The summed E-state index contributed by atoms with van der Waals surface area (Å²) >= 11 is 0.